The van der Waals surface area contributed by atoms with Crippen molar-refractivity contribution in [2.75, 3.05) is 20.7 Å². The first kappa shape index (κ1) is 20.6. The molecule has 0 atom stereocenters. The summed E-state index contributed by atoms with van der Waals surface area (Å²) < 4.78 is 34.5. The molecule has 3 aromatic rings. The molecule has 28 heavy (non-hydrogen) atoms. The molecule has 0 N–H and O–H groups in total. The monoisotopic (exact) mass is 422 g/mol. The Morgan fingerprint density at radius 1 is 1.18 bits per heavy atom. The number of rotatable bonds is 8. The van der Waals surface area contributed by atoms with Crippen LogP contribution in [0.25, 0.3) is 22.4 Å². The number of fused-ring (bicyclic) bond motifs is 1. The summed E-state index contributed by atoms with van der Waals surface area (Å²) >= 11 is 0. The molecule has 0 spiro atoms. The van der Waals surface area contributed by atoms with E-state index in [2.05, 4.69) is 34.6 Å². The van der Waals surface area contributed by atoms with Crippen LogP contribution in [0.3, 0.4) is 0 Å². The molecule has 0 radical (unpaired) electrons. The lowest BCUT2D eigenvalue weighted by molar-refractivity contribution is 0.0899. The summed E-state index contributed by atoms with van der Waals surface area (Å²) in [7, 11) is -1.80. The molecule has 0 aromatic carbocycles. The molecule has 11 heteroatoms. The van der Waals surface area contributed by atoms with Crippen molar-refractivity contribution >= 4 is 29.3 Å². The molecule has 0 fully saturated rings. The topological polar surface area (TPSA) is 95.1 Å². The van der Waals surface area contributed by atoms with Crippen LogP contribution >= 0.6 is 0 Å². The number of hydrogen-bond acceptors (Lipinski definition) is 6. The highest BCUT2D eigenvalue weighted by Crippen LogP contribution is 2.25. The zero-order chi connectivity index (χ0) is 20.5. The van der Waals surface area contributed by atoms with Crippen molar-refractivity contribution < 1.29 is 13.2 Å². The second kappa shape index (κ2) is 7.74. The summed E-state index contributed by atoms with van der Waals surface area (Å²) in [6.45, 7) is 8.08. The lowest BCUT2D eigenvalue weighted by Crippen LogP contribution is -2.27. The normalized spacial score (nSPS) is 12.9. The van der Waals surface area contributed by atoms with Crippen molar-refractivity contribution in [1.82, 2.24) is 27.8 Å². The highest BCUT2D eigenvalue weighted by atomic mass is 32.2. The predicted octanol–water partition coefficient (Wildman–Crippen LogP) is 2.26. The first-order valence-corrected chi connectivity index (χ1v) is 14.0. The molecule has 152 valence electrons. The third-order valence-electron chi connectivity index (χ3n) is 4.31. The Morgan fingerprint density at radius 3 is 2.61 bits per heavy atom. The molecule has 0 amide bonds. The van der Waals surface area contributed by atoms with E-state index in [-0.39, 0.29) is 0 Å². The fourth-order valence-electron chi connectivity index (χ4n) is 2.60. The predicted molar refractivity (Wildman–Crippen MR) is 111 cm³/mol. The van der Waals surface area contributed by atoms with E-state index in [4.69, 9.17) is 4.74 Å². The molecule has 0 unspecified atom stereocenters. The van der Waals surface area contributed by atoms with Crippen molar-refractivity contribution in [3.05, 3.63) is 31.1 Å². The third kappa shape index (κ3) is 4.32. The fourth-order valence-corrected chi connectivity index (χ4v) is 4.13. The van der Waals surface area contributed by atoms with Crippen molar-refractivity contribution in [2.45, 2.75) is 32.4 Å². The number of hydrogen-bond donors (Lipinski definition) is 0. The van der Waals surface area contributed by atoms with Crippen LogP contribution in [0.5, 0.6) is 0 Å². The molecule has 0 saturated heterocycles. The standard InChI is InChI=1S/C17H26N6O3SSi/c1-21(2)27(24,25)23-10-15(20-12-23)16-14-6-7-22(17(14)19-11-18-16)13-26-8-9-28(3,4)5/h6-7,10-12H,8-9,13H2,1-5H3. The van der Waals surface area contributed by atoms with Crippen LogP contribution in [-0.4, -0.2) is 65.0 Å². The lowest BCUT2D eigenvalue weighted by Gasteiger charge is -2.15. The summed E-state index contributed by atoms with van der Waals surface area (Å²) in [5.41, 5.74) is 1.77. The van der Waals surface area contributed by atoms with Crippen LogP contribution < -0.4 is 0 Å². The molecule has 9 nitrogen and oxygen atoms in total. The van der Waals surface area contributed by atoms with Gasteiger partial charge in [0.15, 0.2) is 0 Å². The van der Waals surface area contributed by atoms with Gasteiger partial charge in [-0.05, 0) is 12.1 Å². The third-order valence-corrected chi connectivity index (χ3v) is 7.67. The smallest absolute Gasteiger partial charge is 0.308 e. The van der Waals surface area contributed by atoms with Crippen LogP contribution in [-0.2, 0) is 21.7 Å². The molecule has 0 aliphatic heterocycles. The maximum atomic E-state index is 12.3. The van der Waals surface area contributed by atoms with E-state index in [9.17, 15) is 8.42 Å². The Bertz CT molecular complexity index is 1070. The summed E-state index contributed by atoms with van der Waals surface area (Å²) in [5, 5.41) is 0.795. The van der Waals surface area contributed by atoms with Crippen LogP contribution in [0.4, 0.5) is 0 Å². The number of aromatic nitrogens is 5. The maximum absolute atomic E-state index is 12.3. The fraction of sp³-hybridized carbons (Fsp3) is 0.471. The van der Waals surface area contributed by atoms with Crippen molar-refractivity contribution in [3.8, 4) is 11.4 Å². The van der Waals surface area contributed by atoms with E-state index in [1.807, 2.05) is 16.8 Å². The number of nitrogens with zero attached hydrogens (tertiary/aromatic N) is 6. The molecule has 0 aliphatic rings. The molecule has 0 saturated carbocycles. The molecular formula is C17H26N6O3SSi. The van der Waals surface area contributed by atoms with Gasteiger partial charge in [0.2, 0.25) is 0 Å². The zero-order valence-corrected chi connectivity index (χ0v) is 18.6. The minimum Gasteiger partial charge on any atom is -0.361 e. The van der Waals surface area contributed by atoms with Gasteiger partial charge in [0.05, 0.1) is 6.20 Å². The van der Waals surface area contributed by atoms with Gasteiger partial charge in [0.1, 0.15) is 36.4 Å². The van der Waals surface area contributed by atoms with Crippen molar-refractivity contribution in [2.24, 2.45) is 0 Å². The maximum Gasteiger partial charge on any atom is 0.308 e. The lowest BCUT2D eigenvalue weighted by atomic mass is 10.2. The van der Waals surface area contributed by atoms with Crippen LogP contribution in [0.2, 0.25) is 25.7 Å². The highest BCUT2D eigenvalue weighted by Gasteiger charge is 2.19. The number of ether oxygens (including phenoxy) is 1. The molecular weight excluding hydrogens is 396 g/mol. The number of imidazole rings is 1. The van der Waals surface area contributed by atoms with Crippen LogP contribution in [0.1, 0.15) is 0 Å². The first-order chi connectivity index (χ1) is 13.1. The molecule has 3 rings (SSSR count). The van der Waals surface area contributed by atoms with Crippen molar-refractivity contribution in [1.29, 1.82) is 0 Å². The molecule has 0 bridgehead atoms. The van der Waals surface area contributed by atoms with E-state index >= 15 is 0 Å². The SMILES string of the molecule is CN(C)S(=O)(=O)n1cnc(-c2ncnc3c2ccn3COCC[Si](C)(C)C)c1. The summed E-state index contributed by atoms with van der Waals surface area (Å²) in [4.78, 5) is 12.9. The zero-order valence-electron chi connectivity index (χ0n) is 16.8. The summed E-state index contributed by atoms with van der Waals surface area (Å²) in [5.74, 6) is 0. The van der Waals surface area contributed by atoms with Gasteiger partial charge in [-0.2, -0.15) is 12.7 Å². The van der Waals surface area contributed by atoms with Crippen LogP contribution in [0.15, 0.2) is 31.1 Å². The van der Waals surface area contributed by atoms with E-state index in [0.717, 1.165) is 32.0 Å². The minimum absolute atomic E-state index is 0.411. The van der Waals surface area contributed by atoms with Gasteiger partial charge in [-0.1, -0.05) is 19.6 Å². The summed E-state index contributed by atoms with van der Waals surface area (Å²) in [6, 6.07) is 3.00. The molecule has 3 heterocycles. The van der Waals surface area contributed by atoms with E-state index in [0.29, 0.717) is 18.1 Å². The second-order valence-electron chi connectivity index (χ2n) is 7.97. The Balaban J connectivity index is 1.85. The van der Waals surface area contributed by atoms with Gasteiger partial charge in [-0.15, -0.1) is 0 Å². The quantitative estimate of drug-likeness (QED) is 0.408. The van der Waals surface area contributed by atoms with Crippen LogP contribution in [0, 0.1) is 0 Å². The van der Waals surface area contributed by atoms with E-state index < -0.39 is 18.3 Å². The Hall–Kier alpha value is -2.08. The highest BCUT2D eigenvalue weighted by molar-refractivity contribution is 7.87. The van der Waals surface area contributed by atoms with Gasteiger partial charge in [0, 0.05) is 40.4 Å². The van der Waals surface area contributed by atoms with Gasteiger partial charge in [-0.25, -0.2) is 18.9 Å². The van der Waals surface area contributed by atoms with Gasteiger partial charge in [-0.3, -0.25) is 0 Å². The Kier molecular flexibility index (Phi) is 5.71. The van der Waals surface area contributed by atoms with Gasteiger partial charge >= 0.3 is 10.2 Å². The minimum atomic E-state index is -3.62. The Labute approximate surface area is 166 Å². The first-order valence-electron chi connectivity index (χ1n) is 8.94. The average molecular weight is 423 g/mol. The molecule has 0 aliphatic carbocycles. The van der Waals surface area contributed by atoms with E-state index in [1.54, 1.807) is 0 Å². The summed E-state index contributed by atoms with van der Waals surface area (Å²) in [6.07, 6.45) is 6.08. The van der Waals surface area contributed by atoms with Crippen molar-refractivity contribution in [3.63, 3.8) is 0 Å². The largest absolute Gasteiger partial charge is 0.361 e. The average Bonchev–Trinajstić information content (AvgIpc) is 3.25. The molecule has 3 aromatic heterocycles. The second-order valence-corrected chi connectivity index (χ2v) is 15.6. The van der Waals surface area contributed by atoms with Gasteiger partial charge < -0.3 is 9.30 Å². The van der Waals surface area contributed by atoms with Gasteiger partial charge in [0.25, 0.3) is 0 Å². The van der Waals surface area contributed by atoms with E-state index in [1.165, 1.54) is 32.9 Å². The Morgan fingerprint density at radius 2 is 1.93 bits per heavy atom.